The van der Waals surface area contributed by atoms with Crippen LogP contribution >= 0.6 is 0 Å². The molecule has 0 spiro atoms. The molecule has 0 saturated carbocycles. The average Bonchev–Trinajstić information content (AvgIpc) is 2.84. The molecular formula is C28H40N2O7. The number of hydrogen-bond donors (Lipinski definition) is 4. The molecule has 1 aliphatic rings. The third-order valence-corrected chi connectivity index (χ3v) is 6.54. The van der Waals surface area contributed by atoms with Gasteiger partial charge >= 0.3 is 6.09 Å². The van der Waals surface area contributed by atoms with E-state index in [1.54, 1.807) is 51.3 Å². The summed E-state index contributed by atoms with van der Waals surface area (Å²) in [6, 6.07) is 5.12. The number of carbonyl (C=O) groups excluding carboxylic acids is 2. The highest BCUT2D eigenvalue weighted by molar-refractivity contribution is 6.04. The van der Waals surface area contributed by atoms with E-state index in [0.29, 0.717) is 29.7 Å². The van der Waals surface area contributed by atoms with Crippen molar-refractivity contribution < 1.29 is 34.0 Å². The molecule has 1 aromatic rings. The van der Waals surface area contributed by atoms with Crippen LogP contribution in [0.25, 0.3) is 0 Å². The van der Waals surface area contributed by atoms with Crippen molar-refractivity contribution in [1.82, 2.24) is 0 Å². The lowest BCUT2D eigenvalue weighted by Gasteiger charge is -2.29. The summed E-state index contributed by atoms with van der Waals surface area (Å²) in [6.45, 7) is 7.33. The van der Waals surface area contributed by atoms with Crippen molar-refractivity contribution >= 4 is 17.7 Å². The SMILES string of the molecule is CO[C@H]1C=CC=C(C)C(=O)Nc2cc(ccc2O)C[C@@H](C)C[C@H](OC)[C@H](O)[C@@H](C)C=C(C)[C@@H]1OC(N)=O. The molecule has 9 nitrogen and oxygen atoms in total. The number of allylic oxidation sites excluding steroid dienone is 2. The Hall–Kier alpha value is -3.14. The van der Waals surface area contributed by atoms with Gasteiger partial charge in [-0.25, -0.2) is 4.79 Å². The minimum Gasteiger partial charge on any atom is -0.506 e. The summed E-state index contributed by atoms with van der Waals surface area (Å²) in [6.07, 6.45) is 4.12. The molecule has 0 radical (unpaired) electrons. The largest absolute Gasteiger partial charge is 0.506 e. The summed E-state index contributed by atoms with van der Waals surface area (Å²) in [4.78, 5) is 24.4. The third kappa shape index (κ3) is 8.73. The number of fused-ring (bicyclic) bond motifs is 2. The number of amides is 2. The first-order valence-corrected chi connectivity index (χ1v) is 12.3. The highest BCUT2D eigenvalue weighted by atomic mass is 16.6. The number of phenols is 1. The van der Waals surface area contributed by atoms with Crippen LogP contribution in [0.1, 0.15) is 39.7 Å². The lowest BCUT2D eigenvalue weighted by molar-refractivity contribution is -0.112. The minimum atomic E-state index is -0.962. The molecule has 204 valence electrons. The normalized spacial score (nSPS) is 28.1. The Balaban J connectivity index is 2.53. The maximum atomic E-state index is 12.7. The topological polar surface area (TPSA) is 140 Å². The van der Waals surface area contributed by atoms with Crippen LogP contribution in [0.15, 0.2) is 53.6 Å². The standard InChI is InChI=1S/C28H40N2O7/c1-16-12-20-10-11-22(31)21(15-20)30-27(33)17(2)8-7-9-23(35-5)26(37-28(29)34)19(4)14-18(3)25(32)24(13-16)36-6/h7-11,14-16,18,23-26,31-32H,12-13H2,1-6H3,(H2,29,34)(H,30,33)/t16-,18+,23+,24+,25-,26+/m1/s1. The predicted octanol–water partition coefficient (Wildman–Crippen LogP) is 3.85. The van der Waals surface area contributed by atoms with Crippen molar-refractivity contribution in [2.24, 2.45) is 17.6 Å². The van der Waals surface area contributed by atoms with Crippen molar-refractivity contribution in [3.05, 3.63) is 59.2 Å². The quantitative estimate of drug-likeness (QED) is 0.353. The average molecular weight is 517 g/mol. The summed E-state index contributed by atoms with van der Waals surface area (Å²) < 4.78 is 16.6. The molecule has 6 atom stereocenters. The van der Waals surface area contributed by atoms with Gasteiger partial charge in [0, 0.05) is 25.7 Å². The Morgan fingerprint density at radius 1 is 1.16 bits per heavy atom. The zero-order chi connectivity index (χ0) is 27.7. The molecule has 5 N–H and O–H groups in total. The zero-order valence-electron chi connectivity index (χ0n) is 22.4. The van der Waals surface area contributed by atoms with E-state index in [4.69, 9.17) is 19.9 Å². The molecule has 9 heteroatoms. The van der Waals surface area contributed by atoms with Crippen LogP contribution < -0.4 is 11.1 Å². The monoisotopic (exact) mass is 516 g/mol. The highest BCUT2D eigenvalue weighted by Gasteiger charge is 2.29. The van der Waals surface area contributed by atoms with Gasteiger partial charge in [0.05, 0.1) is 17.9 Å². The number of ether oxygens (including phenoxy) is 3. The Morgan fingerprint density at radius 2 is 1.86 bits per heavy atom. The first kappa shape index (κ1) is 30.1. The Morgan fingerprint density at radius 3 is 2.49 bits per heavy atom. The van der Waals surface area contributed by atoms with E-state index in [1.807, 2.05) is 19.1 Å². The fourth-order valence-corrected chi connectivity index (χ4v) is 4.47. The number of aliphatic hydroxyl groups excluding tert-OH is 1. The number of carbonyl (C=O) groups is 2. The van der Waals surface area contributed by atoms with Crippen molar-refractivity contribution in [2.75, 3.05) is 19.5 Å². The number of benzene rings is 1. The van der Waals surface area contributed by atoms with E-state index >= 15 is 0 Å². The van der Waals surface area contributed by atoms with Crippen LogP contribution in [-0.2, 0) is 25.4 Å². The van der Waals surface area contributed by atoms with E-state index in [9.17, 15) is 19.8 Å². The van der Waals surface area contributed by atoms with Crippen molar-refractivity contribution in [1.29, 1.82) is 0 Å². The Labute approximate surface area is 219 Å². The molecule has 0 aromatic heterocycles. The van der Waals surface area contributed by atoms with E-state index in [-0.39, 0.29) is 23.5 Å². The molecule has 0 fully saturated rings. The van der Waals surface area contributed by atoms with E-state index in [0.717, 1.165) is 5.56 Å². The van der Waals surface area contributed by atoms with E-state index in [1.165, 1.54) is 7.11 Å². The van der Waals surface area contributed by atoms with Crippen LogP contribution in [0.5, 0.6) is 5.75 Å². The first-order valence-electron chi connectivity index (χ1n) is 12.3. The minimum absolute atomic E-state index is 0.0366. The van der Waals surface area contributed by atoms with Crippen molar-refractivity contribution in [2.45, 2.75) is 65.0 Å². The second-order valence-electron chi connectivity index (χ2n) is 9.68. The maximum absolute atomic E-state index is 12.7. The number of rotatable bonds is 3. The summed E-state index contributed by atoms with van der Waals surface area (Å²) in [5, 5.41) is 24.1. The number of nitrogens with two attached hydrogens (primary N) is 1. The van der Waals surface area contributed by atoms with Crippen LogP contribution in [0.3, 0.4) is 0 Å². The van der Waals surface area contributed by atoms with Gasteiger partial charge in [-0.05, 0) is 55.9 Å². The number of nitrogens with one attached hydrogen (secondary N) is 1. The van der Waals surface area contributed by atoms with Crippen LogP contribution in [-0.4, -0.2) is 60.8 Å². The van der Waals surface area contributed by atoms with Crippen LogP contribution in [0.4, 0.5) is 10.5 Å². The summed E-state index contributed by atoms with van der Waals surface area (Å²) in [5.74, 6) is -0.620. The van der Waals surface area contributed by atoms with Gasteiger partial charge in [0.25, 0.3) is 5.91 Å². The van der Waals surface area contributed by atoms with E-state index in [2.05, 4.69) is 12.2 Å². The molecule has 1 aliphatic heterocycles. The van der Waals surface area contributed by atoms with Crippen LogP contribution in [0.2, 0.25) is 0 Å². The molecule has 0 saturated heterocycles. The van der Waals surface area contributed by atoms with E-state index < -0.39 is 30.5 Å². The van der Waals surface area contributed by atoms with Gasteiger partial charge in [-0.15, -0.1) is 0 Å². The number of hydrogen-bond acceptors (Lipinski definition) is 7. The zero-order valence-corrected chi connectivity index (χ0v) is 22.4. The first-order chi connectivity index (χ1) is 17.5. The molecule has 1 aromatic carbocycles. The molecule has 2 amide bonds. The summed E-state index contributed by atoms with van der Waals surface area (Å²) in [7, 11) is 3.03. The number of anilines is 1. The molecular weight excluding hydrogens is 476 g/mol. The lowest BCUT2D eigenvalue weighted by atomic mass is 9.88. The third-order valence-electron chi connectivity index (χ3n) is 6.54. The molecule has 37 heavy (non-hydrogen) atoms. The fourth-order valence-electron chi connectivity index (χ4n) is 4.47. The Bertz CT molecular complexity index is 1030. The fraction of sp³-hybridized carbons (Fsp3) is 0.500. The molecule has 2 rings (SSSR count). The highest BCUT2D eigenvalue weighted by Crippen LogP contribution is 2.28. The number of aliphatic hydroxyl groups is 1. The number of primary amides is 1. The lowest BCUT2D eigenvalue weighted by Crippen LogP contribution is -2.37. The molecule has 1 heterocycles. The van der Waals surface area contributed by atoms with Gasteiger partial charge < -0.3 is 35.5 Å². The smallest absolute Gasteiger partial charge is 0.405 e. The summed E-state index contributed by atoms with van der Waals surface area (Å²) >= 11 is 0. The number of aromatic hydroxyl groups is 1. The van der Waals surface area contributed by atoms with Gasteiger partial charge in [0.15, 0.2) is 6.10 Å². The maximum Gasteiger partial charge on any atom is 0.405 e. The summed E-state index contributed by atoms with van der Waals surface area (Å²) in [5.41, 5.74) is 7.61. The predicted molar refractivity (Wildman–Crippen MR) is 142 cm³/mol. The molecule has 2 bridgehead atoms. The van der Waals surface area contributed by atoms with Crippen LogP contribution in [0, 0.1) is 11.8 Å². The second kappa shape index (κ2) is 14.0. The van der Waals surface area contributed by atoms with Gasteiger partial charge in [-0.3, -0.25) is 4.79 Å². The van der Waals surface area contributed by atoms with Gasteiger partial charge in [0.1, 0.15) is 11.9 Å². The molecule has 0 unspecified atom stereocenters. The second-order valence-corrected chi connectivity index (χ2v) is 9.68. The molecule has 0 aliphatic carbocycles. The Kier molecular flexibility index (Phi) is 11.4. The van der Waals surface area contributed by atoms with Gasteiger partial charge in [0.2, 0.25) is 0 Å². The van der Waals surface area contributed by atoms with Crippen molar-refractivity contribution in [3.63, 3.8) is 0 Å². The number of methoxy groups -OCH3 is 2. The van der Waals surface area contributed by atoms with Gasteiger partial charge in [-0.2, -0.15) is 0 Å². The van der Waals surface area contributed by atoms with Crippen molar-refractivity contribution in [3.8, 4) is 5.75 Å². The van der Waals surface area contributed by atoms with Gasteiger partial charge in [-0.1, -0.05) is 44.2 Å². The number of phenolic OH excluding ortho intramolecular Hbond substituents is 1.